The Labute approximate surface area is 100.0 Å². The van der Waals surface area contributed by atoms with Crippen LogP contribution in [0.15, 0.2) is 5.57 Å². The fraction of sp³-hybridized carbons (Fsp3) is 0.333. The van der Waals surface area contributed by atoms with Crippen LogP contribution < -0.4 is 0 Å². The Bertz CT molecular complexity index is 482. The maximum Gasteiger partial charge on any atom is 0.131 e. The molecule has 0 aliphatic heterocycles. The highest BCUT2D eigenvalue weighted by Gasteiger charge is 2.10. The molecule has 0 amide bonds. The lowest BCUT2D eigenvalue weighted by Gasteiger charge is -1.96. The van der Waals surface area contributed by atoms with Gasteiger partial charge >= 0.3 is 0 Å². The van der Waals surface area contributed by atoms with Crippen molar-refractivity contribution in [1.82, 2.24) is 4.98 Å². The minimum atomic E-state index is 0.0909. The quantitative estimate of drug-likeness (QED) is 0.644. The SMILES string of the molecule is CCc1c(CCl)[nH]c(C=C(C#N)C#N)c1C. The van der Waals surface area contributed by atoms with Crippen LogP contribution in [0.1, 0.15) is 29.4 Å². The van der Waals surface area contributed by atoms with Gasteiger partial charge < -0.3 is 4.98 Å². The second-order valence-corrected chi connectivity index (χ2v) is 3.66. The molecule has 0 spiro atoms. The molecule has 82 valence electrons. The number of aromatic amines is 1. The summed E-state index contributed by atoms with van der Waals surface area (Å²) in [6.45, 7) is 4.01. The number of H-pyrrole nitrogens is 1. The molecule has 0 saturated heterocycles. The lowest BCUT2D eigenvalue weighted by Crippen LogP contribution is -1.86. The first-order valence-corrected chi connectivity index (χ1v) is 5.49. The topological polar surface area (TPSA) is 63.4 Å². The van der Waals surface area contributed by atoms with E-state index in [1.807, 2.05) is 19.1 Å². The third-order valence-electron chi connectivity index (χ3n) is 2.52. The monoisotopic (exact) mass is 233 g/mol. The van der Waals surface area contributed by atoms with Gasteiger partial charge in [-0.2, -0.15) is 10.5 Å². The van der Waals surface area contributed by atoms with Gasteiger partial charge in [0.25, 0.3) is 0 Å². The Morgan fingerprint density at radius 1 is 1.44 bits per heavy atom. The summed E-state index contributed by atoms with van der Waals surface area (Å²) < 4.78 is 0. The molecule has 0 aliphatic rings. The van der Waals surface area contributed by atoms with E-state index in [1.165, 1.54) is 0 Å². The molecule has 0 bridgehead atoms. The average Bonchev–Trinajstić information content (AvgIpc) is 2.62. The molecule has 1 rings (SSSR count). The normalized spacial score (nSPS) is 9.31. The smallest absolute Gasteiger partial charge is 0.131 e. The summed E-state index contributed by atoms with van der Waals surface area (Å²) in [6.07, 6.45) is 2.44. The molecule has 1 aromatic heterocycles. The Hall–Kier alpha value is -1.71. The maximum absolute atomic E-state index is 8.69. The molecule has 0 unspecified atom stereocenters. The maximum atomic E-state index is 8.69. The molecule has 0 saturated carbocycles. The van der Waals surface area contributed by atoms with Gasteiger partial charge in [0, 0.05) is 11.4 Å². The molecule has 0 fully saturated rings. The van der Waals surface area contributed by atoms with Crippen LogP contribution in [0, 0.1) is 29.6 Å². The van der Waals surface area contributed by atoms with Crippen molar-refractivity contribution in [1.29, 1.82) is 10.5 Å². The van der Waals surface area contributed by atoms with E-state index in [9.17, 15) is 0 Å². The molecule has 1 heterocycles. The van der Waals surface area contributed by atoms with Crippen molar-refractivity contribution in [3.05, 3.63) is 28.1 Å². The zero-order valence-electron chi connectivity index (χ0n) is 9.26. The van der Waals surface area contributed by atoms with E-state index in [-0.39, 0.29) is 5.57 Å². The van der Waals surface area contributed by atoms with Gasteiger partial charge in [-0.05, 0) is 30.5 Å². The van der Waals surface area contributed by atoms with E-state index in [4.69, 9.17) is 22.1 Å². The number of nitrogens with zero attached hydrogens (tertiary/aromatic N) is 2. The zero-order chi connectivity index (χ0) is 12.1. The first-order chi connectivity index (χ1) is 7.67. The van der Waals surface area contributed by atoms with Crippen molar-refractivity contribution >= 4 is 17.7 Å². The number of rotatable bonds is 3. The predicted octanol–water partition coefficient (Wildman–Crippen LogP) is 3.05. The number of alkyl halides is 1. The molecule has 16 heavy (non-hydrogen) atoms. The van der Waals surface area contributed by atoms with E-state index in [0.29, 0.717) is 5.88 Å². The highest BCUT2D eigenvalue weighted by Crippen LogP contribution is 2.22. The predicted molar refractivity (Wildman–Crippen MR) is 63.7 cm³/mol. The number of hydrogen-bond donors (Lipinski definition) is 1. The van der Waals surface area contributed by atoms with Crippen LogP contribution in [0.3, 0.4) is 0 Å². The lowest BCUT2D eigenvalue weighted by molar-refractivity contribution is 1.07. The van der Waals surface area contributed by atoms with Crippen molar-refractivity contribution < 1.29 is 0 Å². The number of aromatic nitrogens is 1. The van der Waals surface area contributed by atoms with E-state index in [2.05, 4.69) is 11.9 Å². The minimum absolute atomic E-state index is 0.0909. The Morgan fingerprint density at radius 2 is 2.06 bits per heavy atom. The van der Waals surface area contributed by atoms with Gasteiger partial charge in [-0.1, -0.05) is 6.92 Å². The van der Waals surface area contributed by atoms with Gasteiger partial charge in [0.1, 0.15) is 17.7 Å². The van der Waals surface area contributed by atoms with Gasteiger partial charge in [-0.3, -0.25) is 0 Å². The Balaban J connectivity index is 3.28. The lowest BCUT2D eigenvalue weighted by atomic mass is 10.1. The van der Waals surface area contributed by atoms with Crippen LogP contribution >= 0.6 is 11.6 Å². The molecule has 0 radical (unpaired) electrons. The highest BCUT2D eigenvalue weighted by molar-refractivity contribution is 6.17. The molecule has 1 N–H and O–H groups in total. The van der Waals surface area contributed by atoms with Crippen LogP contribution in [0.2, 0.25) is 0 Å². The second kappa shape index (κ2) is 5.39. The second-order valence-electron chi connectivity index (χ2n) is 3.39. The van der Waals surface area contributed by atoms with E-state index in [0.717, 1.165) is 28.9 Å². The van der Waals surface area contributed by atoms with Crippen LogP contribution in [-0.2, 0) is 12.3 Å². The van der Waals surface area contributed by atoms with Crippen molar-refractivity contribution in [2.45, 2.75) is 26.1 Å². The number of halogens is 1. The summed E-state index contributed by atoms with van der Waals surface area (Å²) in [5, 5.41) is 17.4. The Kier molecular flexibility index (Phi) is 4.17. The van der Waals surface area contributed by atoms with Crippen molar-refractivity contribution in [3.8, 4) is 12.1 Å². The molecule has 0 aromatic carbocycles. The van der Waals surface area contributed by atoms with Crippen molar-refractivity contribution in [2.75, 3.05) is 0 Å². The first kappa shape index (κ1) is 12.4. The number of allylic oxidation sites excluding steroid dienone is 1. The summed E-state index contributed by atoms with van der Waals surface area (Å²) in [6, 6.07) is 3.68. The van der Waals surface area contributed by atoms with Gasteiger partial charge in [0.15, 0.2) is 0 Å². The number of nitriles is 2. The van der Waals surface area contributed by atoms with Gasteiger partial charge in [0.05, 0.1) is 5.88 Å². The molecular formula is C12H12ClN3. The standard InChI is InChI=1S/C12H12ClN3/c1-3-10-8(2)11(16-12(10)5-13)4-9(6-14)7-15/h4,16H,3,5H2,1-2H3. The van der Waals surface area contributed by atoms with Gasteiger partial charge in [0.2, 0.25) is 0 Å². The summed E-state index contributed by atoms with van der Waals surface area (Å²) in [7, 11) is 0. The van der Waals surface area contributed by atoms with E-state index < -0.39 is 0 Å². The summed E-state index contributed by atoms with van der Waals surface area (Å²) in [4.78, 5) is 3.14. The van der Waals surface area contributed by atoms with E-state index in [1.54, 1.807) is 6.08 Å². The van der Waals surface area contributed by atoms with Gasteiger partial charge in [-0.25, -0.2) is 0 Å². The summed E-state index contributed by atoms with van der Waals surface area (Å²) >= 11 is 5.82. The minimum Gasteiger partial charge on any atom is -0.357 e. The number of nitrogens with one attached hydrogen (secondary N) is 1. The molecule has 0 aliphatic carbocycles. The van der Waals surface area contributed by atoms with Crippen molar-refractivity contribution in [3.63, 3.8) is 0 Å². The molecule has 4 heteroatoms. The zero-order valence-corrected chi connectivity index (χ0v) is 10.0. The summed E-state index contributed by atoms with van der Waals surface area (Å²) in [5.41, 5.74) is 4.07. The molecular weight excluding hydrogens is 222 g/mol. The highest BCUT2D eigenvalue weighted by atomic mass is 35.5. The number of hydrogen-bond acceptors (Lipinski definition) is 2. The third kappa shape index (κ3) is 2.27. The molecule has 3 nitrogen and oxygen atoms in total. The fourth-order valence-corrected chi connectivity index (χ4v) is 1.92. The Morgan fingerprint density at radius 3 is 2.44 bits per heavy atom. The molecule has 1 aromatic rings. The largest absolute Gasteiger partial charge is 0.357 e. The molecule has 0 atom stereocenters. The van der Waals surface area contributed by atoms with Crippen LogP contribution in [-0.4, -0.2) is 4.98 Å². The first-order valence-electron chi connectivity index (χ1n) is 4.96. The van der Waals surface area contributed by atoms with Gasteiger partial charge in [-0.15, -0.1) is 11.6 Å². The van der Waals surface area contributed by atoms with E-state index >= 15 is 0 Å². The summed E-state index contributed by atoms with van der Waals surface area (Å²) in [5.74, 6) is 0.409. The van der Waals surface area contributed by atoms with Crippen LogP contribution in [0.4, 0.5) is 0 Å². The average molecular weight is 234 g/mol. The fourth-order valence-electron chi connectivity index (χ4n) is 1.69. The van der Waals surface area contributed by atoms with Crippen LogP contribution in [0.25, 0.3) is 6.08 Å². The third-order valence-corrected chi connectivity index (χ3v) is 2.79. The van der Waals surface area contributed by atoms with Crippen molar-refractivity contribution in [2.24, 2.45) is 0 Å². The van der Waals surface area contributed by atoms with Crippen LogP contribution in [0.5, 0.6) is 0 Å².